The largest absolute Gasteiger partial charge is 0.497 e. The molecule has 3 rings (SSSR count). The van der Waals surface area contributed by atoms with Gasteiger partial charge in [-0.3, -0.25) is 0 Å². The number of benzene rings is 3. The van der Waals surface area contributed by atoms with Crippen LogP contribution in [0, 0.1) is 0 Å². The molecule has 0 bridgehead atoms. The molecule has 0 aliphatic rings. The van der Waals surface area contributed by atoms with E-state index in [1.807, 2.05) is 54.6 Å². The lowest BCUT2D eigenvalue weighted by atomic mass is 10.2. The van der Waals surface area contributed by atoms with Crippen molar-refractivity contribution in [2.24, 2.45) is 0 Å². The van der Waals surface area contributed by atoms with Gasteiger partial charge in [-0.2, -0.15) is 0 Å². The van der Waals surface area contributed by atoms with E-state index in [-0.39, 0.29) is 0 Å². The van der Waals surface area contributed by atoms with Crippen molar-refractivity contribution in [2.45, 2.75) is 51.9 Å². The van der Waals surface area contributed by atoms with Crippen LogP contribution >= 0.6 is 15.1 Å². The molecule has 0 fully saturated rings. The molecule has 3 aromatic carbocycles. The average Bonchev–Trinajstić information content (AvgIpc) is 2.87. The van der Waals surface area contributed by atoms with Gasteiger partial charge in [0.15, 0.2) is 0 Å². The predicted octanol–water partition coefficient (Wildman–Crippen LogP) is 6.06. The van der Waals surface area contributed by atoms with Crippen LogP contribution in [0.3, 0.4) is 0 Å². The Kier molecular flexibility index (Phi) is 8.72. The Bertz CT molecular complexity index is 1210. The van der Waals surface area contributed by atoms with Crippen molar-refractivity contribution in [2.75, 3.05) is 28.4 Å². The van der Waals surface area contributed by atoms with Crippen LogP contribution in [0.5, 0.6) is 23.0 Å². The van der Waals surface area contributed by atoms with Crippen LogP contribution in [0.2, 0.25) is 0 Å². The van der Waals surface area contributed by atoms with Crippen molar-refractivity contribution in [1.82, 2.24) is 0 Å². The third-order valence-corrected chi connectivity index (χ3v) is 14.2. The molecule has 0 aliphatic carbocycles. The smallest absolute Gasteiger partial charge is 0.130 e. The molecule has 5 nitrogen and oxygen atoms in total. The van der Waals surface area contributed by atoms with E-state index >= 15 is 4.57 Å². The van der Waals surface area contributed by atoms with Crippen molar-refractivity contribution in [1.29, 1.82) is 0 Å². The maximum atomic E-state index is 15.3. The number of rotatable bonds is 8. The highest BCUT2D eigenvalue weighted by atomic mass is 31.2. The summed E-state index contributed by atoms with van der Waals surface area (Å²) in [6, 6.07) is 20.0. The number of hydrogen-bond donors (Lipinski definition) is 0. The summed E-state index contributed by atoms with van der Waals surface area (Å²) in [5.74, 6) is 2.83. The molecule has 0 spiro atoms. The first-order valence-electron chi connectivity index (χ1n) is 12.3. The van der Waals surface area contributed by atoms with Crippen LogP contribution in [-0.4, -0.2) is 38.8 Å². The van der Waals surface area contributed by atoms with Gasteiger partial charge in [-0.15, -0.1) is 0 Å². The summed E-state index contributed by atoms with van der Waals surface area (Å²) in [4.78, 5) is 0. The predicted molar refractivity (Wildman–Crippen MR) is 158 cm³/mol. The van der Waals surface area contributed by atoms with Gasteiger partial charge in [0.05, 0.1) is 28.4 Å². The molecule has 3 aromatic rings. The van der Waals surface area contributed by atoms with Crippen LogP contribution in [0.15, 0.2) is 60.7 Å². The van der Waals surface area contributed by atoms with Gasteiger partial charge in [-0.25, -0.2) is 0 Å². The van der Waals surface area contributed by atoms with Crippen LogP contribution in [-0.2, 0) is 4.57 Å². The summed E-state index contributed by atoms with van der Waals surface area (Å²) in [7, 11) is 2.40. The Labute approximate surface area is 223 Å². The zero-order valence-corrected chi connectivity index (χ0v) is 25.5. The molecule has 200 valence electrons. The topological polar surface area (TPSA) is 54.0 Å². The lowest BCUT2D eigenvalue weighted by Crippen LogP contribution is -2.41. The zero-order chi connectivity index (χ0) is 27.6. The van der Waals surface area contributed by atoms with E-state index in [0.717, 1.165) is 21.2 Å². The van der Waals surface area contributed by atoms with E-state index < -0.39 is 25.4 Å². The Morgan fingerprint density at radius 2 is 1.03 bits per heavy atom. The van der Waals surface area contributed by atoms with Crippen molar-refractivity contribution < 1.29 is 23.5 Å². The minimum absolute atomic E-state index is 0.448. The van der Waals surface area contributed by atoms with Gasteiger partial charge in [0.1, 0.15) is 30.1 Å². The summed E-state index contributed by atoms with van der Waals surface area (Å²) >= 11 is 0. The standard InChI is InChI=1S/C30H40O5P2/c1-29(2,3)37(31,30(4,5)6)28-14-12-11-13-27(28)36(25-17-15-21(32-7)19-23(25)34-9)26-18-16-22(33-8)20-24(26)35-10/h11-20H,1-10H3. The Morgan fingerprint density at radius 1 is 0.595 bits per heavy atom. The highest BCUT2D eigenvalue weighted by Crippen LogP contribution is 2.66. The van der Waals surface area contributed by atoms with Crippen molar-refractivity contribution in [3.63, 3.8) is 0 Å². The van der Waals surface area contributed by atoms with Gasteiger partial charge >= 0.3 is 0 Å². The molecule has 0 saturated heterocycles. The lowest BCUT2D eigenvalue weighted by molar-refractivity contribution is 0.396. The second-order valence-corrected chi connectivity index (χ2v) is 17.4. The van der Waals surface area contributed by atoms with Crippen LogP contribution in [0.25, 0.3) is 0 Å². The zero-order valence-electron chi connectivity index (χ0n) is 23.7. The molecule has 0 heterocycles. The highest BCUT2D eigenvalue weighted by Gasteiger charge is 2.49. The van der Waals surface area contributed by atoms with Crippen molar-refractivity contribution >= 4 is 36.3 Å². The third-order valence-electron chi connectivity index (χ3n) is 6.61. The molecule has 0 radical (unpaired) electrons. The summed E-state index contributed by atoms with van der Waals surface area (Å²) in [6.07, 6.45) is 0. The number of methoxy groups -OCH3 is 4. The van der Waals surface area contributed by atoms with Crippen molar-refractivity contribution in [3.8, 4) is 23.0 Å². The first-order valence-corrected chi connectivity index (χ1v) is 15.3. The van der Waals surface area contributed by atoms with Gasteiger partial charge in [0, 0.05) is 38.4 Å². The second kappa shape index (κ2) is 11.1. The molecule has 7 heteroatoms. The maximum Gasteiger partial charge on any atom is 0.130 e. The summed E-state index contributed by atoms with van der Waals surface area (Å²) in [6.45, 7) is 12.5. The van der Waals surface area contributed by atoms with E-state index in [9.17, 15) is 0 Å². The van der Waals surface area contributed by atoms with Gasteiger partial charge in [0.25, 0.3) is 0 Å². The van der Waals surface area contributed by atoms with E-state index in [0.29, 0.717) is 23.0 Å². The van der Waals surface area contributed by atoms with E-state index in [1.54, 1.807) is 28.4 Å². The Hall–Kier alpha value is -2.48. The SMILES string of the molecule is COc1ccc(P(c2ccc(OC)cc2OC)c2ccccc2P(=O)(C(C)(C)C)C(C)(C)C)c(OC)c1. The fraction of sp³-hybridized carbons (Fsp3) is 0.400. The van der Waals surface area contributed by atoms with Crippen molar-refractivity contribution in [3.05, 3.63) is 60.7 Å². The van der Waals surface area contributed by atoms with Gasteiger partial charge < -0.3 is 23.5 Å². The minimum atomic E-state index is -2.96. The first-order chi connectivity index (χ1) is 17.3. The normalized spacial score (nSPS) is 12.4. The van der Waals surface area contributed by atoms with E-state index in [2.05, 4.69) is 47.6 Å². The molecule has 0 atom stereocenters. The fourth-order valence-electron chi connectivity index (χ4n) is 4.98. The maximum absolute atomic E-state index is 15.3. The van der Waals surface area contributed by atoms with Gasteiger partial charge in [-0.1, -0.05) is 65.8 Å². The molecule has 0 aliphatic heterocycles. The molecule has 37 heavy (non-hydrogen) atoms. The third kappa shape index (κ3) is 5.40. The molecular weight excluding hydrogens is 502 g/mol. The second-order valence-electron chi connectivity index (χ2n) is 10.9. The number of ether oxygens (including phenoxy) is 4. The quantitative estimate of drug-likeness (QED) is 0.324. The molecule has 0 unspecified atom stereocenters. The summed E-state index contributed by atoms with van der Waals surface area (Å²) in [5, 5.41) is 3.01. The first kappa shape index (κ1) is 29.1. The monoisotopic (exact) mass is 542 g/mol. The average molecular weight is 543 g/mol. The Balaban J connectivity index is 2.48. The van der Waals surface area contributed by atoms with E-state index in [4.69, 9.17) is 18.9 Å². The number of hydrogen-bond acceptors (Lipinski definition) is 5. The van der Waals surface area contributed by atoms with Crippen LogP contribution in [0.4, 0.5) is 0 Å². The highest BCUT2D eigenvalue weighted by molar-refractivity contribution is 7.83. The lowest BCUT2D eigenvalue weighted by Gasteiger charge is -2.43. The summed E-state index contributed by atoms with van der Waals surface area (Å²) < 4.78 is 38.0. The molecule has 0 aromatic heterocycles. The molecule has 0 N–H and O–H groups in total. The van der Waals surface area contributed by atoms with Gasteiger partial charge in [0.2, 0.25) is 0 Å². The van der Waals surface area contributed by atoms with Crippen LogP contribution in [0.1, 0.15) is 41.5 Å². The fourth-order valence-corrected chi connectivity index (χ4v) is 12.4. The van der Waals surface area contributed by atoms with E-state index in [1.165, 1.54) is 0 Å². The Morgan fingerprint density at radius 3 is 1.41 bits per heavy atom. The minimum Gasteiger partial charge on any atom is -0.497 e. The molecule has 0 amide bonds. The molecule has 0 saturated carbocycles. The van der Waals surface area contributed by atoms with Gasteiger partial charge in [-0.05, 0) is 37.5 Å². The van der Waals surface area contributed by atoms with Crippen LogP contribution < -0.4 is 40.2 Å². The molecular formula is C30H40O5P2. The summed E-state index contributed by atoms with van der Waals surface area (Å²) in [5.41, 5.74) is 0.